The standard InChI is InChI=1S/C33H37F3N6O2.H2/c1-5-29(43)41-11-7-10-25(41)17-37-21(3)22-12-26-27(28(13-22)33(34,35)36)18-42(30(26)44)24-9-6-8-23(14-24)32(15-20(2)16-32)31-39-38-19-40(31)4;/h5-6,8-9,12-14,19-21,25,37H,1,7,10-11,15-18H2,2-4H3;1H/t20?,21?,25-,32?;/m0./s1. The van der Waals surface area contributed by atoms with Gasteiger partial charge in [-0.15, -0.1) is 10.2 Å². The lowest BCUT2D eigenvalue weighted by Crippen LogP contribution is -2.43. The molecule has 1 unspecified atom stereocenters. The second kappa shape index (κ2) is 11.2. The van der Waals surface area contributed by atoms with Crippen molar-refractivity contribution in [2.24, 2.45) is 13.0 Å². The van der Waals surface area contributed by atoms with Crippen LogP contribution in [0, 0.1) is 5.92 Å². The van der Waals surface area contributed by atoms with Crippen LogP contribution in [0.15, 0.2) is 55.4 Å². The van der Waals surface area contributed by atoms with Crippen LogP contribution in [-0.2, 0) is 30.0 Å². The number of carbonyl (C=O) groups is 2. The number of nitrogens with zero attached hydrogens (tertiary/aromatic N) is 5. The Kier molecular flexibility index (Phi) is 7.63. The smallest absolute Gasteiger partial charge is 0.335 e. The van der Waals surface area contributed by atoms with Crippen LogP contribution in [0.3, 0.4) is 0 Å². The van der Waals surface area contributed by atoms with Crippen LogP contribution in [0.2, 0.25) is 0 Å². The van der Waals surface area contributed by atoms with Gasteiger partial charge in [0.05, 0.1) is 17.5 Å². The summed E-state index contributed by atoms with van der Waals surface area (Å²) in [4.78, 5) is 29.2. The minimum absolute atomic E-state index is 0. The Morgan fingerprint density at radius 2 is 2.05 bits per heavy atom. The molecule has 1 saturated heterocycles. The summed E-state index contributed by atoms with van der Waals surface area (Å²) in [5.41, 5.74) is 0.800. The molecule has 0 bridgehead atoms. The van der Waals surface area contributed by atoms with Crippen LogP contribution in [0.5, 0.6) is 0 Å². The Morgan fingerprint density at radius 3 is 2.70 bits per heavy atom. The van der Waals surface area contributed by atoms with Gasteiger partial charge in [-0.05, 0) is 85.6 Å². The number of benzene rings is 2. The zero-order chi connectivity index (χ0) is 31.4. The van der Waals surface area contributed by atoms with Crippen LogP contribution in [0.4, 0.5) is 18.9 Å². The number of amides is 2. The van der Waals surface area contributed by atoms with Crippen LogP contribution >= 0.6 is 0 Å². The molecule has 2 aromatic carbocycles. The van der Waals surface area contributed by atoms with E-state index in [4.69, 9.17) is 0 Å². The van der Waals surface area contributed by atoms with E-state index in [9.17, 15) is 22.8 Å². The number of rotatable bonds is 8. The van der Waals surface area contributed by atoms with Crippen LogP contribution < -0.4 is 10.2 Å². The van der Waals surface area contributed by atoms with Gasteiger partial charge < -0.3 is 19.7 Å². The van der Waals surface area contributed by atoms with E-state index in [-0.39, 0.29) is 36.5 Å². The molecule has 2 aliphatic heterocycles. The molecule has 11 heteroatoms. The molecule has 3 heterocycles. The molecular weight excluding hydrogens is 569 g/mol. The molecule has 3 aromatic rings. The monoisotopic (exact) mass is 608 g/mol. The number of carbonyl (C=O) groups excluding carboxylic acids is 2. The summed E-state index contributed by atoms with van der Waals surface area (Å²) in [5, 5.41) is 11.8. The van der Waals surface area contributed by atoms with Crippen molar-refractivity contribution in [2.75, 3.05) is 18.0 Å². The quantitative estimate of drug-likeness (QED) is 0.328. The molecule has 0 radical (unpaired) electrons. The number of anilines is 1. The van der Waals surface area contributed by atoms with E-state index >= 15 is 0 Å². The highest BCUT2D eigenvalue weighted by molar-refractivity contribution is 6.10. The van der Waals surface area contributed by atoms with E-state index in [1.807, 2.05) is 29.8 Å². The maximum absolute atomic E-state index is 14.4. The van der Waals surface area contributed by atoms with Crippen molar-refractivity contribution in [2.45, 2.75) is 69.8 Å². The molecule has 2 amide bonds. The lowest BCUT2D eigenvalue weighted by Gasteiger charge is -2.46. The van der Waals surface area contributed by atoms with Gasteiger partial charge in [-0.1, -0.05) is 25.6 Å². The second-order valence-corrected chi connectivity index (χ2v) is 12.6. The van der Waals surface area contributed by atoms with Crippen molar-refractivity contribution in [3.63, 3.8) is 0 Å². The normalized spacial score (nSPS) is 23.9. The van der Waals surface area contributed by atoms with Crippen molar-refractivity contribution in [1.82, 2.24) is 25.0 Å². The first-order valence-electron chi connectivity index (χ1n) is 15.1. The number of nitrogens with one attached hydrogen (secondary N) is 1. The number of aromatic nitrogens is 3. The molecule has 6 rings (SSSR count). The van der Waals surface area contributed by atoms with Gasteiger partial charge in [0.25, 0.3) is 5.91 Å². The van der Waals surface area contributed by atoms with E-state index in [1.54, 1.807) is 30.3 Å². The third-order valence-corrected chi connectivity index (χ3v) is 9.61. The lowest BCUT2D eigenvalue weighted by atomic mass is 9.58. The average molecular weight is 609 g/mol. The topological polar surface area (TPSA) is 83.4 Å². The predicted octanol–water partition coefficient (Wildman–Crippen LogP) is 5.78. The number of alkyl halides is 3. The molecule has 2 atom stereocenters. The van der Waals surface area contributed by atoms with Gasteiger partial charge in [0.1, 0.15) is 12.2 Å². The fourth-order valence-electron chi connectivity index (χ4n) is 7.39. The third kappa shape index (κ3) is 5.10. The zero-order valence-corrected chi connectivity index (χ0v) is 25.2. The number of hydrogen-bond acceptors (Lipinski definition) is 5. The van der Waals surface area contributed by atoms with Gasteiger partial charge in [0.2, 0.25) is 5.91 Å². The number of hydrogen-bond donors (Lipinski definition) is 1. The van der Waals surface area contributed by atoms with Gasteiger partial charge >= 0.3 is 6.18 Å². The molecule has 1 aromatic heterocycles. The van der Waals surface area contributed by atoms with Gasteiger partial charge in [-0.25, -0.2) is 0 Å². The largest absolute Gasteiger partial charge is 0.416 e. The summed E-state index contributed by atoms with van der Waals surface area (Å²) in [6, 6.07) is 9.75. The summed E-state index contributed by atoms with van der Waals surface area (Å²) >= 11 is 0. The molecule has 8 nitrogen and oxygen atoms in total. The summed E-state index contributed by atoms with van der Waals surface area (Å²) in [6.07, 6.45) is 1.72. The van der Waals surface area contributed by atoms with Crippen molar-refractivity contribution in [1.29, 1.82) is 0 Å². The number of fused-ring (bicyclic) bond motifs is 1. The average Bonchev–Trinajstić information content (AvgIpc) is 3.71. The molecule has 1 saturated carbocycles. The molecule has 2 fully saturated rings. The SMILES string of the molecule is C=CC(=O)N1CCC[C@H]1CNC(C)c1cc2c(c(C(F)(F)F)c1)CN(c1cccc(C3(c4nncn4C)CC(C)C3)c1)C2=O.[HH]. The first-order valence-corrected chi connectivity index (χ1v) is 15.1. The van der Waals surface area contributed by atoms with Crippen molar-refractivity contribution < 1.29 is 24.2 Å². The molecule has 234 valence electrons. The van der Waals surface area contributed by atoms with Crippen molar-refractivity contribution >= 4 is 17.5 Å². The van der Waals surface area contributed by atoms with E-state index in [0.29, 0.717) is 30.3 Å². The summed E-state index contributed by atoms with van der Waals surface area (Å²) in [6.45, 7) is 8.42. The predicted molar refractivity (Wildman–Crippen MR) is 162 cm³/mol. The maximum atomic E-state index is 14.4. The molecule has 44 heavy (non-hydrogen) atoms. The molecule has 1 aliphatic carbocycles. The van der Waals surface area contributed by atoms with E-state index in [1.165, 1.54) is 11.0 Å². The Hall–Kier alpha value is -3.99. The zero-order valence-electron chi connectivity index (χ0n) is 25.2. The van der Waals surface area contributed by atoms with E-state index in [2.05, 4.69) is 29.0 Å². The van der Waals surface area contributed by atoms with Crippen LogP contribution in [0.25, 0.3) is 0 Å². The first kappa shape index (κ1) is 30.1. The highest BCUT2D eigenvalue weighted by atomic mass is 19.4. The molecule has 0 spiro atoms. The van der Waals surface area contributed by atoms with Crippen LogP contribution in [0.1, 0.15) is 85.4 Å². The minimum Gasteiger partial charge on any atom is -0.335 e. The summed E-state index contributed by atoms with van der Waals surface area (Å²) in [7, 11) is 1.90. The molecular formula is C33H39F3N6O2. The second-order valence-electron chi connectivity index (χ2n) is 12.6. The number of halogens is 3. The Bertz CT molecular complexity index is 1620. The molecule has 3 aliphatic rings. The van der Waals surface area contributed by atoms with Gasteiger partial charge in [0, 0.05) is 44.9 Å². The first-order chi connectivity index (χ1) is 20.9. The maximum Gasteiger partial charge on any atom is 0.416 e. The van der Waals surface area contributed by atoms with Gasteiger partial charge in [0.15, 0.2) is 0 Å². The van der Waals surface area contributed by atoms with Crippen LogP contribution in [-0.4, -0.2) is 50.6 Å². The van der Waals surface area contributed by atoms with Crippen molar-refractivity contribution in [3.8, 4) is 0 Å². The highest BCUT2D eigenvalue weighted by Gasteiger charge is 2.48. The lowest BCUT2D eigenvalue weighted by molar-refractivity contribution is -0.138. The Morgan fingerprint density at radius 1 is 1.27 bits per heavy atom. The Labute approximate surface area is 256 Å². The molecule has 1 N–H and O–H groups in total. The fourth-order valence-corrected chi connectivity index (χ4v) is 7.39. The summed E-state index contributed by atoms with van der Waals surface area (Å²) < 4.78 is 45.2. The number of aryl methyl sites for hydroxylation is 1. The minimum atomic E-state index is -4.63. The summed E-state index contributed by atoms with van der Waals surface area (Å²) in [5.74, 6) is 0.715. The van der Waals surface area contributed by atoms with Crippen molar-refractivity contribution in [3.05, 3.63) is 89.0 Å². The van der Waals surface area contributed by atoms with Gasteiger partial charge in [-0.3, -0.25) is 9.59 Å². The highest BCUT2D eigenvalue weighted by Crippen LogP contribution is 2.52. The van der Waals surface area contributed by atoms with Gasteiger partial charge in [-0.2, -0.15) is 13.2 Å². The Balaban J connectivity index is 0.00000400. The fraction of sp³-hybridized carbons (Fsp3) is 0.455. The third-order valence-electron chi connectivity index (χ3n) is 9.61. The van der Waals surface area contributed by atoms with E-state index in [0.717, 1.165) is 43.1 Å². The van der Waals surface area contributed by atoms with E-state index < -0.39 is 23.7 Å². The number of likely N-dealkylation sites (tertiary alicyclic amines) is 1.